The van der Waals surface area contributed by atoms with Crippen molar-refractivity contribution in [1.82, 2.24) is 14.5 Å². The van der Waals surface area contributed by atoms with Crippen LogP contribution in [0.4, 0.5) is 10.2 Å². The maximum Gasteiger partial charge on any atom is 0.222 e. The Hall–Kier alpha value is -3.65. The smallest absolute Gasteiger partial charge is 0.222 e. The average molecular weight is 449 g/mol. The Labute approximate surface area is 189 Å². The molecule has 4 rings (SSSR count). The van der Waals surface area contributed by atoms with Crippen molar-refractivity contribution >= 4 is 23.5 Å². The number of rotatable bonds is 6. The van der Waals surface area contributed by atoms with Crippen LogP contribution in [0.5, 0.6) is 5.75 Å². The molecule has 1 amide bonds. The fraction of sp³-hybridized carbons (Fsp3) is 0.125. The zero-order valence-corrected chi connectivity index (χ0v) is 18.6. The van der Waals surface area contributed by atoms with Crippen molar-refractivity contribution < 1.29 is 13.9 Å². The largest absolute Gasteiger partial charge is 0.497 e. The Morgan fingerprint density at radius 2 is 1.88 bits per heavy atom. The van der Waals surface area contributed by atoms with Crippen molar-refractivity contribution in [2.24, 2.45) is 0 Å². The summed E-state index contributed by atoms with van der Waals surface area (Å²) in [6.45, 7) is 1.44. The van der Waals surface area contributed by atoms with Gasteiger partial charge in [-0.05, 0) is 54.8 Å². The molecule has 2 heterocycles. The highest BCUT2D eigenvalue weighted by atomic mass is 32.2. The fourth-order valence-corrected chi connectivity index (χ4v) is 3.99. The van der Waals surface area contributed by atoms with E-state index >= 15 is 0 Å². The first-order valence-electron chi connectivity index (χ1n) is 9.81. The molecule has 32 heavy (non-hydrogen) atoms. The molecule has 0 aliphatic heterocycles. The summed E-state index contributed by atoms with van der Waals surface area (Å²) >= 11 is 1.50. The number of methoxy groups -OCH3 is 1. The molecular weight excluding hydrogens is 427 g/mol. The predicted octanol–water partition coefficient (Wildman–Crippen LogP) is 5.43. The van der Waals surface area contributed by atoms with E-state index in [1.807, 2.05) is 41.2 Å². The van der Waals surface area contributed by atoms with Crippen LogP contribution < -0.4 is 10.1 Å². The molecule has 0 fully saturated rings. The van der Waals surface area contributed by atoms with Gasteiger partial charge in [-0.1, -0.05) is 17.8 Å². The minimum atomic E-state index is -0.315. The fourth-order valence-electron chi connectivity index (χ4n) is 3.43. The maximum absolute atomic E-state index is 13.6. The Morgan fingerprint density at radius 3 is 2.56 bits per heavy atom. The number of amides is 1. The number of nitrogens with zero attached hydrogens (tertiary/aromatic N) is 3. The number of ether oxygens (including phenoxy) is 1. The van der Waals surface area contributed by atoms with Crippen molar-refractivity contribution in [3.8, 4) is 34.0 Å². The second kappa shape index (κ2) is 9.23. The molecule has 0 radical (unpaired) electrons. The van der Waals surface area contributed by atoms with Gasteiger partial charge in [0.1, 0.15) is 17.4 Å². The van der Waals surface area contributed by atoms with Crippen LogP contribution in [0.1, 0.15) is 6.92 Å². The summed E-state index contributed by atoms with van der Waals surface area (Å²) in [5.41, 5.74) is 3.93. The molecule has 2 aromatic heterocycles. The number of imidazole rings is 1. The third-order valence-corrected chi connectivity index (χ3v) is 5.43. The Balaban J connectivity index is 2.01. The third kappa shape index (κ3) is 4.36. The molecular formula is C24H21FN4O2S. The molecule has 6 nitrogen and oxygen atoms in total. The normalized spacial score (nSPS) is 10.8. The number of anilines is 1. The van der Waals surface area contributed by atoms with Crippen molar-refractivity contribution in [2.45, 2.75) is 12.1 Å². The van der Waals surface area contributed by atoms with Crippen molar-refractivity contribution in [2.75, 3.05) is 18.7 Å². The average Bonchev–Trinajstić information content (AvgIpc) is 3.19. The lowest BCUT2D eigenvalue weighted by molar-refractivity contribution is -0.114. The summed E-state index contributed by atoms with van der Waals surface area (Å²) in [6, 6.07) is 17.6. The van der Waals surface area contributed by atoms with Crippen LogP contribution in [0.2, 0.25) is 0 Å². The molecule has 0 unspecified atom stereocenters. The lowest BCUT2D eigenvalue weighted by atomic mass is 10.0. The second-order valence-corrected chi connectivity index (χ2v) is 7.72. The standard InChI is InChI=1S/C24H21FN4O2S/c1-15(30)27-21-13-17(11-12-26-21)23-22(16-7-9-18(25)10-8-16)28-24(32-3)29(23)19-5-4-6-20(14-19)31-2/h4-14H,1-3H3,(H,26,27,30). The number of hydrogen-bond donors (Lipinski definition) is 1. The Morgan fingerprint density at radius 1 is 1.09 bits per heavy atom. The lowest BCUT2D eigenvalue weighted by Crippen LogP contribution is -2.07. The van der Waals surface area contributed by atoms with Crippen molar-refractivity contribution in [3.63, 3.8) is 0 Å². The summed E-state index contributed by atoms with van der Waals surface area (Å²) in [5.74, 6) is 0.624. The number of nitrogens with one attached hydrogen (secondary N) is 1. The van der Waals surface area contributed by atoms with Crippen LogP contribution in [0.25, 0.3) is 28.2 Å². The molecule has 0 aliphatic carbocycles. The van der Waals surface area contributed by atoms with E-state index in [-0.39, 0.29) is 11.7 Å². The zero-order valence-electron chi connectivity index (χ0n) is 17.8. The van der Waals surface area contributed by atoms with E-state index in [0.717, 1.165) is 27.7 Å². The van der Waals surface area contributed by atoms with E-state index in [0.29, 0.717) is 17.3 Å². The number of pyridine rings is 1. The van der Waals surface area contributed by atoms with Gasteiger partial charge in [0.15, 0.2) is 5.16 Å². The van der Waals surface area contributed by atoms with Crippen molar-refractivity contribution in [3.05, 3.63) is 72.7 Å². The van der Waals surface area contributed by atoms with Gasteiger partial charge in [-0.15, -0.1) is 0 Å². The minimum absolute atomic E-state index is 0.209. The number of halogens is 1. The first kappa shape index (κ1) is 21.6. The van der Waals surface area contributed by atoms with Gasteiger partial charge < -0.3 is 10.1 Å². The monoisotopic (exact) mass is 448 g/mol. The molecule has 0 spiro atoms. The molecule has 162 valence electrons. The summed E-state index contributed by atoms with van der Waals surface area (Å²) < 4.78 is 21.1. The molecule has 1 N–H and O–H groups in total. The summed E-state index contributed by atoms with van der Waals surface area (Å²) in [7, 11) is 1.62. The quantitative estimate of drug-likeness (QED) is 0.399. The number of carbonyl (C=O) groups is 1. The molecule has 0 saturated heterocycles. The van der Waals surface area contributed by atoms with E-state index in [2.05, 4.69) is 10.3 Å². The molecule has 0 saturated carbocycles. The molecule has 0 aliphatic rings. The highest BCUT2D eigenvalue weighted by Crippen LogP contribution is 2.38. The number of aromatic nitrogens is 3. The van der Waals surface area contributed by atoms with Crippen LogP contribution in [0.15, 0.2) is 72.0 Å². The van der Waals surface area contributed by atoms with Crippen LogP contribution >= 0.6 is 11.8 Å². The zero-order chi connectivity index (χ0) is 22.7. The maximum atomic E-state index is 13.6. The first-order valence-corrected chi connectivity index (χ1v) is 11.0. The predicted molar refractivity (Wildman–Crippen MR) is 125 cm³/mol. The second-order valence-electron chi connectivity index (χ2n) is 6.95. The van der Waals surface area contributed by atoms with Crippen LogP contribution in [0.3, 0.4) is 0 Å². The SMILES string of the molecule is COc1cccc(-n2c(SC)nc(-c3ccc(F)cc3)c2-c2ccnc(NC(C)=O)c2)c1. The summed E-state index contributed by atoms with van der Waals surface area (Å²) in [4.78, 5) is 20.7. The van der Waals surface area contributed by atoms with Gasteiger partial charge in [-0.25, -0.2) is 14.4 Å². The van der Waals surface area contributed by atoms with E-state index < -0.39 is 0 Å². The van der Waals surface area contributed by atoms with E-state index in [1.165, 1.54) is 30.8 Å². The highest BCUT2D eigenvalue weighted by molar-refractivity contribution is 7.98. The van der Waals surface area contributed by atoms with Gasteiger partial charge in [0.25, 0.3) is 0 Å². The van der Waals surface area contributed by atoms with Crippen LogP contribution in [-0.2, 0) is 4.79 Å². The summed E-state index contributed by atoms with van der Waals surface area (Å²) in [5, 5.41) is 3.48. The lowest BCUT2D eigenvalue weighted by Gasteiger charge is -2.14. The van der Waals surface area contributed by atoms with E-state index in [9.17, 15) is 9.18 Å². The molecule has 2 aromatic carbocycles. The van der Waals surface area contributed by atoms with Crippen molar-refractivity contribution in [1.29, 1.82) is 0 Å². The topological polar surface area (TPSA) is 69.0 Å². The van der Waals surface area contributed by atoms with Gasteiger partial charge in [0.05, 0.1) is 24.2 Å². The van der Waals surface area contributed by atoms with Crippen LogP contribution in [0, 0.1) is 5.82 Å². The minimum Gasteiger partial charge on any atom is -0.497 e. The number of thioether (sulfide) groups is 1. The van der Waals surface area contributed by atoms with Gasteiger partial charge in [0, 0.05) is 30.3 Å². The Bertz CT molecular complexity index is 1270. The number of carbonyl (C=O) groups excluding carboxylic acids is 1. The third-order valence-electron chi connectivity index (χ3n) is 4.80. The number of benzene rings is 2. The molecule has 8 heteroatoms. The summed E-state index contributed by atoms with van der Waals surface area (Å²) in [6.07, 6.45) is 3.59. The van der Waals surface area contributed by atoms with Gasteiger partial charge in [-0.2, -0.15) is 0 Å². The van der Waals surface area contributed by atoms with Crippen LogP contribution in [-0.4, -0.2) is 33.8 Å². The van der Waals surface area contributed by atoms with Gasteiger partial charge in [0.2, 0.25) is 5.91 Å². The Kier molecular flexibility index (Phi) is 6.23. The van der Waals surface area contributed by atoms with Gasteiger partial charge >= 0.3 is 0 Å². The first-order chi connectivity index (χ1) is 15.5. The molecule has 0 atom stereocenters. The van der Waals surface area contributed by atoms with E-state index in [4.69, 9.17) is 9.72 Å². The van der Waals surface area contributed by atoms with Gasteiger partial charge in [-0.3, -0.25) is 9.36 Å². The van der Waals surface area contributed by atoms with E-state index in [1.54, 1.807) is 31.5 Å². The number of hydrogen-bond acceptors (Lipinski definition) is 5. The molecule has 4 aromatic rings. The molecule has 0 bridgehead atoms. The highest BCUT2D eigenvalue weighted by Gasteiger charge is 2.22.